The maximum absolute atomic E-state index is 12.3. The highest BCUT2D eigenvalue weighted by Crippen LogP contribution is 2.26. The number of nitrogens with zero attached hydrogens (tertiary/aromatic N) is 3. The number of ether oxygens (including phenoxy) is 1. The molecule has 1 amide bonds. The molecule has 0 radical (unpaired) electrons. The van der Waals surface area contributed by atoms with Crippen LogP contribution in [-0.4, -0.2) is 52.4 Å². The lowest BCUT2D eigenvalue weighted by molar-refractivity contribution is -0.126. The Labute approximate surface area is 146 Å². The highest BCUT2D eigenvalue weighted by Gasteiger charge is 2.23. The van der Waals surface area contributed by atoms with Crippen LogP contribution in [0.4, 0.5) is 0 Å². The molecule has 1 N–H and O–H groups in total. The Bertz CT molecular complexity index is 736. The molecule has 6 nitrogen and oxygen atoms in total. The third kappa shape index (κ3) is 3.71. The first kappa shape index (κ1) is 17.2. The molecule has 2 atom stereocenters. The number of aromatic nitrogens is 2. The molecule has 2 aromatic rings. The second kappa shape index (κ2) is 7.09. The average molecular weight is 351 g/mol. The van der Waals surface area contributed by atoms with Gasteiger partial charge in [0.25, 0.3) is 0 Å². The average Bonchev–Trinajstić information content (AvgIpc) is 2.82. The number of morpholine rings is 1. The molecule has 1 aromatic heterocycles. The first-order valence-corrected chi connectivity index (χ1v) is 8.56. The highest BCUT2D eigenvalue weighted by atomic mass is 35.5. The Balaban J connectivity index is 1.63. The van der Waals surface area contributed by atoms with Crippen LogP contribution in [0.15, 0.2) is 18.2 Å². The summed E-state index contributed by atoms with van der Waals surface area (Å²) in [6.07, 6.45) is 0.306. The standard InChI is InChI=1S/C17H23ClN4O2/c1-11-8-22(9-12(2)24-11)10-16(23)19-7-14-17-13(18)5-4-6-15(17)21(3)20-14/h4-6,11-12H,7-10H2,1-3H3,(H,19,23)/t11-,12+. The molecule has 1 aliphatic heterocycles. The van der Waals surface area contributed by atoms with Gasteiger partial charge in [-0.15, -0.1) is 0 Å². The van der Waals surface area contributed by atoms with E-state index in [0.717, 1.165) is 29.7 Å². The molecule has 1 saturated heterocycles. The molecule has 1 aliphatic rings. The molecule has 0 unspecified atom stereocenters. The molecule has 0 bridgehead atoms. The maximum Gasteiger partial charge on any atom is 0.234 e. The van der Waals surface area contributed by atoms with Crippen LogP contribution in [0, 0.1) is 0 Å². The number of benzene rings is 1. The van der Waals surface area contributed by atoms with Crippen LogP contribution in [0.1, 0.15) is 19.5 Å². The van der Waals surface area contributed by atoms with Crippen LogP contribution in [-0.2, 0) is 23.1 Å². The minimum Gasteiger partial charge on any atom is -0.373 e. The lowest BCUT2D eigenvalue weighted by Gasteiger charge is -2.34. The number of rotatable bonds is 4. The van der Waals surface area contributed by atoms with E-state index in [1.807, 2.05) is 39.1 Å². The van der Waals surface area contributed by atoms with Gasteiger partial charge in [-0.05, 0) is 26.0 Å². The van der Waals surface area contributed by atoms with Crippen molar-refractivity contribution in [1.29, 1.82) is 0 Å². The summed E-state index contributed by atoms with van der Waals surface area (Å²) in [6, 6.07) is 5.71. The van der Waals surface area contributed by atoms with Crippen molar-refractivity contribution in [3.63, 3.8) is 0 Å². The lowest BCUT2D eigenvalue weighted by Crippen LogP contribution is -2.49. The van der Waals surface area contributed by atoms with Crippen LogP contribution in [0.25, 0.3) is 10.9 Å². The Morgan fingerprint density at radius 2 is 2.08 bits per heavy atom. The van der Waals surface area contributed by atoms with Crippen molar-refractivity contribution in [2.24, 2.45) is 7.05 Å². The van der Waals surface area contributed by atoms with Crippen molar-refractivity contribution >= 4 is 28.4 Å². The molecule has 1 aromatic carbocycles. The van der Waals surface area contributed by atoms with Gasteiger partial charge in [0.2, 0.25) is 5.91 Å². The Morgan fingerprint density at radius 1 is 1.38 bits per heavy atom. The Morgan fingerprint density at radius 3 is 2.79 bits per heavy atom. The van der Waals surface area contributed by atoms with E-state index in [1.54, 1.807) is 4.68 Å². The molecule has 2 heterocycles. The van der Waals surface area contributed by atoms with Crippen molar-refractivity contribution in [2.45, 2.75) is 32.6 Å². The molecular formula is C17H23ClN4O2. The number of carbonyl (C=O) groups is 1. The van der Waals surface area contributed by atoms with Gasteiger partial charge in [-0.2, -0.15) is 5.10 Å². The van der Waals surface area contributed by atoms with Crippen LogP contribution in [0.5, 0.6) is 0 Å². The Kier molecular flexibility index (Phi) is 5.08. The number of fused-ring (bicyclic) bond motifs is 1. The molecule has 130 valence electrons. The first-order valence-electron chi connectivity index (χ1n) is 8.18. The van der Waals surface area contributed by atoms with Gasteiger partial charge >= 0.3 is 0 Å². The summed E-state index contributed by atoms with van der Waals surface area (Å²) in [5.74, 6) is -0.0119. The molecule has 7 heteroatoms. The molecule has 0 spiro atoms. The summed E-state index contributed by atoms with van der Waals surface area (Å²) >= 11 is 6.29. The fourth-order valence-electron chi connectivity index (χ4n) is 3.33. The van der Waals surface area contributed by atoms with Crippen molar-refractivity contribution in [1.82, 2.24) is 20.0 Å². The number of carbonyl (C=O) groups excluding carboxylic acids is 1. The SMILES string of the molecule is C[C@@H]1CN(CC(=O)NCc2nn(C)c3cccc(Cl)c23)C[C@H](C)O1. The fraction of sp³-hybridized carbons (Fsp3) is 0.529. The number of amides is 1. The first-order chi connectivity index (χ1) is 11.4. The summed E-state index contributed by atoms with van der Waals surface area (Å²) in [5, 5.41) is 8.98. The molecular weight excluding hydrogens is 328 g/mol. The predicted octanol–water partition coefficient (Wildman–Crippen LogP) is 1.95. The van der Waals surface area contributed by atoms with E-state index in [9.17, 15) is 4.79 Å². The van der Waals surface area contributed by atoms with Gasteiger partial charge in [0.05, 0.1) is 41.5 Å². The fourth-order valence-corrected chi connectivity index (χ4v) is 3.61. The van der Waals surface area contributed by atoms with Crippen LogP contribution < -0.4 is 5.32 Å². The smallest absolute Gasteiger partial charge is 0.234 e. The van der Waals surface area contributed by atoms with Crippen molar-refractivity contribution in [2.75, 3.05) is 19.6 Å². The molecule has 0 saturated carbocycles. The van der Waals surface area contributed by atoms with Crippen molar-refractivity contribution in [3.8, 4) is 0 Å². The molecule has 0 aliphatic carbocycles. The molecule has 3 rings (SSSR count). The third-order valence-corrected chi connectivity index (χ3v) is 4.53. The summed E-state index contributed by atoms with van der Waals surface area (Å²) in [5.41, 5.74) is 1.75. The van der Waals surface area contributed by atoms with Crippen LogP contribution in [0.2, 0.25) is 5.02 Å². The number of nitrogens with one attached hydrogen (secondary N) is 1. The summed E-state index contributed by atoms with van der Waals surface area (Å²) in [4.78, 5) is 14.4. The van der Waals surface area contributed by atoms with E-state index in [0.29, 0.717) is 18.1 Å². The Hall–Kier alpha value is -1.63. The van der Waals surface area contributed by atoms with E-state index in [2.05, 4.69) is 15.3 Å². The maximum atomic E-state index is 12.3. The normalized spacial score (nSPS) is 22.0. The number of hydrogen-bond acceptors (Lipinski definition) is 4. The number of hydrogen-bond donors (Lipinski definition) is 1. The van der Waals surface area contributed by atoms with E-state index >= 15 is 0 Å². The monoisotopic (exact) mass is 350 g/mol. The van der Waals surface area contributed by atoms with Gasteiger partial charge in [-0.1, -0.05) is 17.7 Å². The summed E-state index contributed by atoms with van der Waals surface area (Å²) in [7, 11) is 1.88. The zero-order valence-electron chi connectivity index (χ0n) is 14.3. The zero-order chi connectivity index (χ0) is 17.3. The third-order valence-electron chi connectivity index (χ3n) is 4.21. The largest absolute Gasteiger partial charge is 0.373 e. The van der Waals surface area contributed by atoms with E-state index in [-0.39, 0.29) is 18.1 Å². The summed E-state index contributed by atoms with van der Waals surface area (Å²) < 4.78 is 7.48. The minimum atomic E-state index is -0.0119. The van der Waals surface area contributed by atoms with Crippen molar-refractivity contribution < 1.29 is 9.53 Å². The number of aryl methyl sites for hydroxylation is 1. The molecule has 24 heavy (non-hydrogen) atoms. The van der Waals surface area contributed by atoms with Gasteiger partial charge in [0, 0.05) is 25.5 Å². The number of halogens is 1. The van der Waals surface area contributed by atoms with Crippen LogP contribution in [0.3, 0.4) is 0 Å². The van der Waals surface area contributed by atoms with Gasteiger partial charge in [0.1, 0.15) is 0 Å². The van der Waals surface area contributed by atoms with Crippen LogP contribution >= 0.6 is 11.6 Å². The van der Waals surface area contributed by atoms with E-state index < -0.39 is 0 Å². The van der Waals surface area contributed by atoms with Crippen molar-refractivity contribution in [3.05, 3.63) is 28.9 Å². The lowest BCUT2D eigenvalue weighted by atomic mass is 10.2. The highest BCUT2D eigenvalue weighted by molar-refractivity contribution is 6.35. The van der Waals surface area contributed by atoms with Gasteiger partial charge in [-0.25, -0.2) is 0 Å². The van der Waals surface area contributed by atoms with Gasteiger partial charge in [0.15, 0.2) is 0 Å². The predicted molar refractivity (Wildman–Crippen MR) is 94.0 cm³/mol. The summed E-state index contributed by atoms with van der Waals surface area (Å²) in [6.45, 7) is 6.35. The topological polar surface area (TPSA) is 59.4 Å². The zero-order valence-corrected chi connectivity index (χ0v) is 15.0. The van der Waals surface area contributed by atoms with Gasteiger partial charge < -0.3 is 10.1 Å². The quantitative estimate of drug-likeness (QED) is 0.915. The van der Waals surface area contributed by atoms with E-state index in [4.69, 9.17) is 16.3 Å². The second-order valence-corrected chi connectivity index (χ2v) is 6.84. The second-order valence-electron chi connectivity index (χ2n) is 6.43. The van der Waals surface area contributed by atoms with E-state index in [1.165, 1.54) is 0 Å². The molecule has 1 fully saturated rings. The van der Waals surface area contributed by atoms with Gasteiger partial charge in [-0.3, -0.25) is 14.4 Å². The minimum absolute atomic E-state index is 0.0119.